The Morgan fingerprint density at radius 2 is 1.20 bits per heavy atom. The summed E-state index contributed by atoms with van der Waals surface area (Å²) in [6, 6.07) is 22.9. The van der Waals surface area contributed by atoms with Crippen LogP contribution in [0.1, 0.15) is 22.3 Å². The molecule has 0 unspecified atom stereocenters. The van der Waals surface area contributed by atoms with E-state index in [1.807, 2.05) is 46.2 Å². The second kappa shape index (κ2) is 9.55. The summed E-state index contributed by atoms with van der Waals surface area (Å²) in [7, 11) is 0. The second-order valence-corrected chi connectivity index (χ2v) is 14.1. The van der Waals surface area contributed by atoms with E-state index in [0.29, 0.717) is 0 Å². The number of halogens is 2. The summed E-state index contributed by atoms with van der Waals surface area (Å²) in [5.41, 5.74) is 8.45. The van der Waals surface area contributed by atoms with Crippen molar-refractivity contribution < 1.29 is 0 Å². The Labute approximate surface area is 210 Å². The average molecular weight is 594 g/mol. The molecule has 0 spiro atoms. The van der Waals surface area contributed by atoms with Gasteiger partial charge >= 0.3 is 0 Å². The van der Waals surface area contributed by atoms with Crippen molar-refractivity contribution in [2.75, 3.05) is 0 Å². The zero-order chi connectivity index (χ0) is 20.5. The molecule has 5 rings (SSSR count). The summed E-state index contributed by atoms with van der Waals surface area (Å²) in [5, 5.41) is 0. The minimum atomic E-state index is 1.04. The molecule has 3 heterocycles. The first-order chi connectivity index (χ1) is 14.6. The van der Waals surface area contributed by atoms with Crippen LogP contribution in [0, 0.1) is 0 Å². The lowest BCUT2D eigenvalue weighted by Gasteiger charge is -2.14. The van der Waals surface area contributed by atoms with Crippen molar-refractivity contribution in [3.63, 3.8) is 0 Å². The summed E-state index contributed by atoms with van der Waals surface area (Å²) in [6.07, 6.45) is 0. The fourth-order valence-corrected chi connectivity index (χ4v) is 8.37. The van der Waals surface area contributed by atoms with Gasteiger partial charge in [-0.2, -0.15) is 23.5 Å². The fourth-order valence-electron chi connectivity index (χ4n) is 3.66. The molecule has 2 aromatic carbocycles. The molecule has 0 fully saturated rings. The molecule has 0 radical (unpaired) electrons. The van der Waals surface area contributed by atoms with Crippen LogP contribution in [0.4, 0.5) is 0 Å². The van der Waals surface area contributed by atoms with Crippen molar-refractivity contribution in [3.8, 4) is 20.9 Å². The summed E-state index contributed by atoms with van der Waals surface area (Å²) < 4.78 is 2.38. The lowest BCUT2D eigenvalue weighted by Crippen LogP contribution is -1.94. The number of rotatable bonds is 2. The van der Waals surface area contributed by atoms with Crippen molar-refractivity contribution in [1.29, 1.82) is 0 Å². The van der Waals surface area contributed by atoms with Gasteiger partial charge in [-0.25, -0.2) is 0 Å². The molecule has 4 bridgehead atoms. The zero-order valence-corrected chi connectivity index (χ0v) is 22.4. The first kappa shape index (κ1) is 21.4. The molecule has 2 aromatic heterocycles. The third kappa shape index (κ3) is 4.94. The summed E-state index contributed by atoms with van der Waals surface area (Å²) in [5.74, 6) is 4.17. The van der Waals surface area contributed by atoms with Gasteiger partial charge in [-0.3, -0.25) is 0 Å². The van der Waals surface area contributed by atoms with E-state index in [2.05, 4.69) is 92.5 Å². The zero-order valence-electron chi connectivity index (χ0n) is 16.0. The number of thiophene rings is 2. The Kier molecular flexibility index (Phi) is 6.80. The van der Waals surface area contributed by atoms with Gasteiger partial charge < -0.3 is 0 Å². The van der Waals surface area contributed by atoms with Gasteiger partial charge in [0.25, 0.3) is 0 Å². The van der Waals surface area contributed by atoms with Gasteiger partial charge in [-0.05, 0) is 102 Å². The van der Waals surface area contributed by atoms with Crippen molar-refractivity contribution >= 4 is 78.1 Å². The van der Waals surface area contributed by atoms with Gasteiger partial charge in [0.05, 0.1) is 7.57 Å². The Morgan fingerprint density at radius 3 is 1.87 bits per heavy atom. The van der Waals surface area contributed by atoms with Gasteiger partial charge in [0, 0.05) is 32.8 Å². The molecular weight excluding hydrogens is 576 g/mol. The predicted molar refractivity (Wildman–Crippen MR) is 145 cm³/mol. The van der Waals surface area contributed by atoms with Crippen LogP contribution in [0.5, 0.6) is 0 Å². The topological polar surface area (TPSA) is 0 Å². The minimum absolute atomic E-state index is 1.04. The van der Waals surface area contributed by atoms with Gasteiger partial charge in [0.15, 0.2) is 0 Å². The molecule has 0 saturated heterocycles. The van der Waals surface area contributed by atoms with Crippen LogP contribution in [-0.4, -0.2) is 0 Å². The Hall–Kier alpha value is -0.500. The van der Waals surface area contributed by atoms with Crippen LogP contribution in [0.15, 0.2) is 68.2 Å². The minimum Gasteiger partial charge on any atom is -0.152 e. The number of thioether (sulfide) groups is 2. The van der Waals surface area contributed by atoms with E-state index in [4.69, 9.17) is 0 Å². The Morgan fingerprint density at radius 1 is 0.567 bits per heavy atom. The summed E-state index contributed by atoms with van der Waals surface area (Å²) in [4.78, 5) is 2.68. The quantitative estimate of drug-likeness (QED) is 0.227. The molecule has 1 aliphatic heterocycles. The van der Waals surface area contributed by atoms with E-state index in [-0.39, 0.29) is 0 Å². The normalized spacial score (nSPS) is 14.2. The van der Waals surface area contributed by atoms with Crippen molar-refractivity contribution in [2.24, 2.45) is 0 Å². The van der Waals surface area contributed by atoms with E-state index in [1.165, 1.54) is 50.7 Å². The second-order valence-electron chi connectivity index (χ2n) is 7.22. The predicted octanol–water partition coefficient (Wildman–Crippen LogP) is 9.85. The van der Waals surface area contributed by atoms with Crippen LogP contribution in [0.3, 0.4) is 0 Å². The number of hydrogen-bond donors (Lipinski definition) is 0. The number of fused-ring (bicyclic) bond motifs is 4. The largest absolute Gasteiger partial charge is 0.152 e. The SMILES string of the molecule is Brc1ccc(-c2cc3cc(c2)CSCc2cc(ccc2-c2ccc(Br)s2)CSC3)s1. The molecular formula is C24H18Br2S4. The molecule has 4 aromatic rings. The van der Waals surface area contributed by atoms with Gasteiger partial charge in [0.2, 0.25) is 0 Å². The van der Waals surface area contributed by atoms with E-state index in [9.17, 15) is 0 Å². The van der Waals surface area contributed by atoms with Crippen LogP contribution >= 0.6 is 78.1 Å². The average Bonchev–Trinajstić information content (AvgIpc) is 3.36. The maximum absolute atomic E-state index is 3.62. The van der Waals surface area contributed by atoms with Gasteiger partial charge in [-0.1, -0.05) is 24.3 Å². The number of hydrogen-bond acceptors (Lipinski definition) is 4. The highest BCUT2D eigenvalue weighted by molar-refractivity contribution is 9.11. The standard InChI is InChI=1S/C24H18Br2S4/c25-23-5-3-21(29-23)18-9-16-7-17(10-18)13-28-14-19-8-15(11-27-12-16)1-2-20(19)22-4-6-24(26)30-22/h1-10H,11-14H2. The first-order valence-electron chi connectivity index (χ1n) is 9.55. The molecule has 0 atom stereocenters. The van der Waals surface area contributed by atoms with E-state index < -0.39 is 0 Å². The summed E-state index contributed by atoms with van der Waals surface area (Å²) in [6.45, 7) is 0. The highest BCUT2D eigenvalue weighted by Gasteiger charge is 2.12. The van der Waals surface area contributed by atoms with Crippen LogP contribution in [0.25, 0.3) is 20.9 Å². The van der Waals surface area contributed by atoms with E-state index in [0.717, 1.165) is 23.0 Å². The van der Waals surface area contributed by atoms with Gasteiger partial charge in [0.1, 0.15) is 0 Å². The lowest BCUT2D eigenvalue weighted by atomic mass is 10.0. The van der Waals surface area contributed by atoms with Gasteiger partial charge in [-0.15, -0.1) is 22.7 Å². The van der Waals surface area contributed by atoms with Crippen molar-refractivity contribution in [3.05, 3.63) is 90.5 Å². The Balaban J connectivity index is 1.46. The molecule has 0 amide bonds. The fraction of sp³-hybridized carbons (Fsp3) is 0.167. The Bertz CT molecular complexity index is 1190. The molecule has 0 N–H and O–H groups in total. The molecule has 0 nitrogen and oxygen atoms in total. The third-order valence-corrected chi connectivity index (χ3v) is 10.4. The molecule has 0 aliphatic carbocycles. The van der Waals surface area contributed by atoms with E-state index >= 15 is 0 Å². The van der Waals surface area contributed by atoms with E-state index in [1.54, 1.807) is 0 Å². The van der Waals surface area contributed by atoms with Crippen molar-refractivity contribution in [1.82, 2.24) is 0 Å². The van der Waals surface area contributed by atoms with Crippen LogP contribution < -0.4 is 0 Å². The molecule has 0 saturated carbocycles. The smallest absolute Gasteiger partial charge is 0.0705 e. The maximum Gasteiger partial charge on any atom is 0.0705 e. The monoisotopic (exact) mass is 592 g/mol. The lowest BCUT2D eigenvalue weighted by molar-refractivity contribution is 1.28. The van der Waals surface area contributed by atoms with Crippen molar-refractivity contribution in [2.45, 2.75) is 23.0 Å². The molecule has 30 heavy (non-hydrogen) atoms. The number of benzene rings is 2. The summed E-state index contributed by atoms with van der Waals surface area (Å²) >= 11 is 14.9. The van der Waals surface area contributed by atoms with Crippen LogP contribution in [0.2, 0.25) is 0 Å². The highest BCUT2D eigenvalue weighted by atomic mass is 79.9. The van der Waals surface area contributed by atoms with Crippen LogP contribution in [-0.2, 0) is 23.0 Å². The third-order valence-electron chi connectivity index (χ3n) is 4.98. The first-order valence-corrected chi connectivity index (χ1v) is 15.1. The molecule has 6 heteroatoms. The molecule has 152 valence electrons. The maximum atomic E-state index is 3.62. The highest BCUT2D eigenvalue weighted by Crippen LogP contribution is 2.38. The molecule has 1 aliphatic rings.